The molecule has 0 spiro atoms. The summed E-state index contributed by atoms with van der Waals surface area (Å²) in [6.07, 6.45) is -86.5. The van der Waals surface area contributed by atoms with Crippen LogP contribution in [0.4, 0.5) is 0 Å². The average Bonchev–Trinajstić information content (AvgIpc) is 0.761. The van der Waals surface area contributed by atoms with Gasteiger partial charge >= 0.3 is 0 Å². The molecule has 446 valence electrons. The van der Waals surface area contributed by atoms with Gasteiger partial charge in [0.25, 0.3) is 0 Å². The molecule has 4 rings (SSSR count). The predicted octanol–water partition coefficient (Wildman–Crippen LogP) is -29.1. The fraction of sp³-hybridized carbons (Fsp3) is 0.222. The first kappa shape index (κ1) is 126. The van der Waals surface area contributed by atoms with E-state index in [2.05, 4.69) is 115 Å². The highest BCUT2D eigenvalue weighted by Gasteiger charge is 2.69. The van der Waals surface area contributed by atoms with E-state index in [1.165, 1.54) is 27.9 Å². The second-order valence-corrected chi connectivity index (χ2v) is 36.8. The van der Waals surface area contributed by atoms with Gasteiger partial charge in [-0.25, -0.2) is 4.98 Å². The molecule has 0 fully saturated rings. The van der Waals surface area contributed by atoms with Crippen LogP contribution in [0, 0.1) is 0 Å². The van der Waals surface area contributed by atoms with Crippen molar-refractivity contribution < 1.29 is 0 Å². The SMILES string of the molecule is CC(C)c1cccc(C(C)C)c1-n1ccnc1-c1ccc(-c2ccccc2Br)cc1.[B]B([B])B(B([B])[B])B(B([B])[B])B(B(B([B])[B])B([B])[B])B(B(B(B([B])[B])B([B])[B])B(B([B])[B])B([B])[B])B(B(B(B(B([B])[B])B([B])[B])B(B([B])[B])B([B])[B])B(B(B([B])[B])B([B])[B])B(B([B])[B])B([B])[B])B(B(B(B([B])[B])B([B])[B])B(B([B])[B])B([B])[B])B(B(B([B])[B])B([B])[B])B(B([B])[B])B([B])[B]. The molecule has 101 heteroatoms. The highest BCUT2D eigenvalue weighted by atomic mass is 79.9. The van der Waals surface area contributed by atoms with E-state index in [9.17, 15) is 0 Å². The lowest BCUT2D eigenvalue weighted by Crippen LogP contribution is -3.01. The Morgan fingerprint density at radius 1 is 0.211 bits per heavy atom. The first-order chi connectivity index (χ1) is 59.0. The van der Waals surface area contributed by atoms with Crippen molar-refractivity contribution in [3.05, 3.63) is 94.7 Å². The van der Waals surface area contributed by atoms with Crippen LogP contribution in [0.25, 0.3) is 28.2 Å². The van der Waals surface area contributed by atoms with E-state index in [1.807, 2.05) is 12.3 Å². The fourth-order valence-corrected chi connectivity index (χ4v) is 22.2. The van der Waals surface area contributed by atoms with Gasteiger partial charge in [-0.3, -0.25) is 4.57 Å². The Bertz CT molecular complexity index is 3330. The van der Waals surface area contributed by atoms with Crippen molar-refractivity contribution in [1.29, 1.82) is 0 Å². The normalized spacial score (nSPS) is 10.2. The maximum atomic E-state index is 7.26. The van der Waals surface area contributed by atoms with Crippen LogP contribution in [0.2, 0.25) is 0 Å². The molecule has 0 N–H and O–H groups in total. The zero-order chi connectivity index (χ0) is 99.0. The summed E-state index contributed by atoms with van der Waals surface area (Å²) in [7, 11) is 354. The van der Waals surface area contributed by atoms with Crippen LogP contribution in [0.15, 0.2) is 83.6 Å². The number of nitrogens with zero attached hydrogens (tertiary/aromatic N) is 2. The monoisotopic (exact) mass is 1540 g/mol. The lowest BCUT2D eigenvalue weighted by atomic mass is 8.18. The molecular weight excluding hydrogens is 1490 g/mol. The first-order valence-corrected chi connectivity index (χ1v) is 43.6. The Hall–Kier alpha value is 3.71. The van der Waals surface area contributed by atoms with Crippen molar-refractivity contribution in [3.8, 4) is 28.2 Å². The zero-order valence-corrected chi connectivity index (χ0v) is 76.1. The Morgan fingerprint density at radius 3 is 0.570 bits per heavy atom. The Balaban J connectivity index is 0.00000116. The molecule has 1 aromatic heterocycles. The van der Waals surface area contributed by atoms with Crippen LogP contribution in [-0.4, -0.2) is 703 Å². The number of benzene rings is 3. The number of halogens is 1. The molecule has 0 atom stereocenters. The summed E-state index contributed by atoms with van der Waals surface area (Å²) in [6, 6.07) is 23.7. The Morgan fingerprint density at radius 2 is 0.383 bits per heavy atom. The Labute approximate surface area is 872 Å². The molecule has 0 aliphatic heterocycles. The van der Waals surface area contributed by atoms with Crippen LogP contribution < -0.4 is 0 Å². The third-order valence-electron chi connectivity index (χ3n) is 26.4. The van der Waals surface area contributed by atoms with E-state index in [1.54, 1.807) is 0 Å². The third-order valence-corrected chi connectivity index (χ3v) is 27.1. The van der Waals surface area contributed by atoms with Crippen molar-refractivity contribution in [2.45, 2.75) is 39.5 Å². The first-order valence-electron chi connectivity index (χ1n) is 42.8. The molecule has 0 aliphatic rings. The number of imidazole rings is 1. The molecule has 0 saturated heterocycles. The summed E-state index contributed by atoms with van der Waals surface area (Å²) < 4.78 is 3.37. The Kier molecular flexibility index (Phi) is 57.0. The topological polar surface area (TPSA) is 17.8 Å². The highest BCUT2D eigenvalue weighted by molar-refractivity contribution is 9.10. The maximum Gasteiger partial charge on any atom is 0.144 e. The molecule has 0 unspecified atom stereocenters. The minimum absolute atomic E-state index is 0.437. The lowest BCUT2D eigenvalue weighted by molar-refractivity contribution is 0.807. The van der Waals surface area contributed by atoms with Gasteiger partial charge in [-0.1, -0.05) is 104 Å². The van der Waals surface area contributed by atoms with Gasteiger partial charge < -0.3 is 0 Å². The van der Waals surface area contributed by atoms with Gasteiger partial charge in [0.05, 0.1) is 5.69 Å². The number of aromatic nitrogens is 2. The summed E-state index contributed by atoms with van der Waals surface area (Å²) >= 11 is 3.66. The molecule has 100 radical (unpaired) electrons. The number of hydrogen-bond acceptors (Lipinski definition) is 1. The molecule has 128 heavy (non-hydrogen) atoms. The van der Waals surface area contributed by atoms with Gasteiger partial charge in [0.15, 0.2) is 0 Å². The molecule has 0 bridgehead atoms. The minimum atomic E-state index is -2.29. The van der Waals surface area contributed by atoms with Gasteiger partial charge in [0.1, 0.15) is 5.82 Å². The summed E-state index contributed by atoms with van der Waals surface area (Å²) in [6.45, 7) is 9.02. The van der Waals surface area contributed by atoms with Crippen LogP contribution in [0.1, 0.15) is 50.7 Å². The maximum absolute atomic E-state index is 7.26. The van der Waals surface area contributed by atoms with E-state index in [0.717, 1.165) is 15.9 Å². The summed E-state index contributed by atoms with van der Waals surface area (Å²) in [5.74, 6) is 1.85. The molecule has 3 aromatic carbocycles. The molecule has 0 amide bonds. The predicted molar refractivity (Wildman–Crippen MR) is 694 cm³/mol. The van der Waals surface area contributed by atoms with Gasteiger partial charge in [-0.15, -0.1) is 0 Å². The molecular formula is C27H27B98BrN2. The average molecular weight is 1520 g/mol. The van der Waals surface area contributed by atoms with E-state index in [4.69, 9.17) is 392 Å². The number of rotatable bonds is 52. The second-order valence-electron chi connectivity index (χ2n) is 36.0. The number of hydrogen-bond donors (Lipinski definition) is 0. The van der Waals surface area contributed by atoms with Crippen LogP contribution in [0.5, 0.6) is 0 Å². The third kappa shape index (κ3) is 32.6. The van der Waals surface area contributed by atoms with Gasteiger partial charge in [0, 0.05) is 716 Å². The number of para-hydroxylation sites is 1. The van der Waals surface area contributed by atoms with E-state index >= 15 is 0 Å². The molecule has 2 nitrogen and oxygen atoms in total. The van der Waals surface area contributed by atoms with Crippen LogP contribution in [0.3, 0.4) is 0 Å². The fourth-order valence-electron chi connectivity index (χ4n) is 21.7. The summed E-state index contributed by atoms with van der Waals surface area (Å²) in [5.41, 5.74) is 7.47. The van der Waals surface area contributed by atoms with Crippen LogP contribution in [-0.2, 0) is 0 Å². The van der Waals surface area contributed by atoms with Crippen molar-refractivity contribution >= 4 is 709 Å². The van der Waals surface area contributed by atoms with Gasteiger partial charge in [0.2, 0.25) is 0 Å². The molecule has 1 heterocycles. The molecule has 0 aliphatic carbocycles. The quantitative estimate of drug-likeness (QED) is 0.0403. The van der Waals surface area contributed by atoms with Crippen molar-refractivity contribution in [1.82, 2.24) is 9.55 Å². The minimum Gasteiger partial charge on any atom is -0.299 e. The standard InChI is InChI=1S/C27H27BrN2.B98/c1-18(2)22-9-7-10-23(19(3)4)26(22)30-17-16-29-27(30)21-14-12-20(13-15-21)24-8-5-6-11-25(24)28;1-51(2)76(52(3)4)88(75(49)50)94(87(73(45)46)74(47)48)97(93(85(69(37)38)70(39)40)86(71(41)42)72(43)44)98(95(89(77(53(5)6)54(7)8)78(55(9)10)56(11)12)90(79(57(13)14)58(15)16)80(59(17)18)60(19)20)96(91(81(61(21)22)62(23)24)82(63(25)26)64(27)28)92(83(65(29)30)66(31)32)84(67(33)34)68(35)36/h5-19H,1-4H3;. The molecule has 4 aromatic rings. The second kappa shape index (κ2) is 58.0. The van der Waals surface area contributed by atoms with Gasteiger partial charge in [-0.2, -0.15) is 0 Å². The summed E-state index contributed by atoms with van der Waals surface area (Å²) in [4.78, 5) is 4.74. The smallest absolute Gasteiger partial charge is 0.144 e. The van der Waals surface area contributed by atoms with Crippen LogP contribution >= 0.6 is 15.9 Å². The van der Waals surface area contributed by atoms with Crippen molar-refractivity contribution in [3.63, 3.8) is 0 Å². The van der Waals surface area contributed by atoms with E-state index in [0.29, 0.717) is 11.8 Å². The van der Waals surface area contributed by atoms with E-state index < -0.39 is 306 Å². The largest absolute Gasteiger partial charge is 0.299 e. The van der Waals surface area contributed by atoms with Crippen molar-refractivity contribution in [2.24, 2.45) is 0 Å². The van der Waals surface area contributed by atoms with Crippen molar-refractivity contribution in [2.75, 3.05) is 0 Å². The van der Waals surface area contributed by atoms with E-state index in [-0.39, 0.29) is 0 Å². The lowest BCUT2D eigenvalue weighted by Gasteiger charge is -2.63. The van der Waals surface area contributed by atoms with Gasteiger partial charge in [-0.05, 0) is 40.2 Å². The zero-order valence-electron chi connectivity index (χ0n) is 74.5. The molecule has 0 saturated carbocycles. The summed E-state index contributed by atoms with van der Waals surface area (Å²) in [5, 5.41) is 0. The highest BCUT2D eigenvalue weighted by Crippen LogP contribution is 2.37.